The summed E-state index contributed by atoms with van der Waals surface area (Å²) in [6.07, 6.45) is 0.212. The average Bonchev–Trinajstić information content (AvgIpc) is 2.88. The predicted molar refractivity (Wildman–Crippen MR) is 146 cm³/mol. The Morgan fingerprint density at radius 1 is 0.944 bits per heavy atom. The van der Waals surface area contributed by atoms with E-state index in [9.17, 15) is 9.59 Å². The molecule has 0 aromatic heterocycles. The van der Waals surface area contributed by atoms with Crippen LogP contribution in [0, 0.1) is 0 Å². The fraction of sp³-hybridized carbons (Fsp3) is 0.259. The van der Waals surface area contributed by atoms with E-state index >= 15 is 0 Å². The topological polar surface area (TPSA) is 73.9 Å². The van der Waals surface area contributed by atoms with Gasteiger partial charge >= 0.3 is 5.97 Å². The maximum atomic E-state index is 12.9. The van der Waals surface area contributed by atoms with Crippen molar-refractivity contribution in [3.05, 3.63) is 81.3 Å². The number of carbonyl (C=O) groups is 2. The smallest absolute Gasteiger partial charge is 0.328 e. The minimum absolute atomic E-state index is 0.108. The summed E-state index contributed by atoms with van der Waals surface area (Å²) in [5.41, 5.74) is 3.65. The van der Waals surface area contributed by atoms with Gasteiger partial charge in [0, 0.05) is 11.8 Å². The molecule has 3 aromatic carbocycles. The zero-order valence-electron chi connectivity index (χ0n) is 20.1. The van der Waals surface area contributed by atoms with Crippen molar-refractivity contribution in [1.82, 2.24) is 5.32 Å². The number of ether oxygens (including phenoxy) is 3. The van der Waals surface area contributed by atoms with Gasteiger partial charge in [-0.15, -0.1) is 0 Å². The van der Waals surface area contributed by atoms with Crippen molar-refractivity contribution in [1.29, 1.82) is 0 Å². The fourth-order valence-electron chi connectivity index (χ4n) is 3.75. The maximum Gasteiger partial charge on any atom is 0.328 e. The van der Waals surface area contributed by atoms with Crippen LogP contribution >= 0.6 is 39.1 Å². The second-order valence-electron chi connectivity index (χ2n) is 7.78. The Hall–Kier alpha value is -2.74. The molecule has 0 unspecified atom stereocenters. The first-order valence-electron chi connectivity index (χ1n) is 11.1. The first-order chi connectivity index (χ1) is 17.3. The molecular weight excluding hydrogens is 569 g/mol. The number of carbonyl (C=O) groups excluding carboxylic acids is 2. The van der Waals surface area contributed by atoms with Gasteiger partial charge in [-0.2, -0.15) is 0 Å². The highest BCUT2D eigenvalue weighted by molar-refractivity contribution is 9.08. The molecule has 0 heterocycles. The van der Waals surface area contributed by atoms with Crippen LogP contribution in [0.1, 0.15) is 28.4 Å². The Morgan fingerprint density at radius 3 is 2.03 bits per heavy atom. The molecule has 1 amide bonds. The largest absolute Gasteiger partial charge is 0.496 e. The average molecular weight is 595 g/mol. The molecule has 1 N–H and O–H groups in total. The van der Waals surface area contributed by atoms with E-state index in [0.29, 0.717) is 16.8 Å². The van der Waals surface area contributed by atoms with Crippen LogP contribution in [-0.4, -0.2) is 38.7 Å². The lowest BCUT2D eigenvalue weighted by Gasteiger charge is -2.19. The first-order valence-corrected chi connectivity index (χ1v) is 13.0. The van der Waals surface area contributed by atoms with Crippen LogP contribution < -0.4 is 14.8 Å². The highest BCUT2D eigenvalue weighted by Gasteiger charge is 2.25. The Morgan fingerprint density at radius 2 is 1.53 bits per heavy atom. The van der Waals surface area contributed by atoms with E-state index in [1.807, 2.05) is 36.4 Å². The summed E-state index contributed by atoms with van der Waals surface area (Å²) in [6.45, 7) is 1.89. The molecule has 0 aliphatic rings. The van der Waals surface area contributed by atoms with Crippen LogP contribution in [0.2, 0.25) is 10.0 Å². The lowest BCUT2D eigenvalue weighted by atomic mass is 9.98. The van der Waals surface area contributed by atoms with E-state index in [-0.39, 0.29) is 28.6 Å². The van der Waals surface area contributed by atoms with Gasteiger partial charge < -0.3 is 19.5 Å². The molecule has 0 saturated heterocycles. The second kappa shape index (κ2) is 13.0. The zero-order chi connectivity index (χ0) is 26.2. The van der Waals surface area contributed by atoms with E-state index in [0.717, 1.165) is 22.3 Å². The zero-order valence-corrected chi connectivity index (χ0v) is 23.2. The summed E-state index contributed by atoms with van der Waals surface area (Å²) in [4.78, 5) is 25.6. The highest BCUT2D eigenvalue weighted by atomic mass is 79.9. The van der Waals surface area contributed by atoms with Gasteiger partial charge in [0.1, 0.15) is 17.5 Å². The van der Waals surface area contributed by atoms with Crippen molar-refractivity contribution in [3.63, 3.8) is 0 Å². The molecule has 0 aliphatic carbocycles. The Kier molecular flexibility index (Phi) is 10.0. The number of methoxy groups -OCH3 is 2. The van der Waals surface area contributed by atoms with E-state index in [2.05, 4.69) is 21.2 Å². The number of halogens is 3. The summed E-state index contributed by atoms with van der Waals surface area (Å²) in [5, 5.41) is 3.77. The molecule has 6 nitrogen and oxygen atoms in total. The lowest BCUT2D eigenvalue weighted by molar-refractivity contribution is -0.145. The summed E-state index contributed by atoms with van der Waals surface area (Å²) >= 11 is 15.8. The van der Waals surface area contributed by atoms with Gasteiger partial charge in [0.05, 0.1) is 42.0 Å². The molecular formula is C27H26BrCl2NO5. The van der Waals surface area contributed by atoms with Crippen molar-refractivity contribution in [2.24, 2.45) is 0 Å². The first kappa shape index (κ1) is 27.8. The van der Waals surface area contributed by atoms with Crippen LogP contribution in [0.15, 0.2) is 54.6 Å². The third-order valence-electron chi connectivity index (χ3n) is 5.47. The van der Waals surface area contributed by atoms with Crippen LogP contribution in [-0.2, 0) is 21.3 Å². The van der Waals surface area contributed by atoms with Crippen LogP contribution in [0.4, 0.5) is 0 Å². The Bertz CT molecular complexity index is 1190. The molecule has 36 heavy (non-hydrogen) atoms. The summed E-state index contributed by atoms with van der Waals surface area (Å²) in [7, 11) is 3.23. The normalized spacial score (nSPS) is 11.5. The predicted octanol–water partition coefficient (Wildman–Crippen LogP) is 6.48. The number of alkyl halides is 1. The van der Waals surface area contributed by atoms with Crippen molar-refractivity contribution in [2.75, 3.05) is 20.8 Å². The molecule has 3 rings (SSSR count). The minimum atomic E-state index is -0.932. The summed E-state index contributed by atoms with van der Waals surface area (Å²) in [5.74, 6) is 0.267. The lowest BCUT2D eigenvalue weighted by Crippen LogP contribution is -2.43. The Labute approximate surface area is 229 Å². The van der Waals surface area contributed by atoms with Crippen LogP contribution in [0.3, 0.4) is 0 Å². The molecule has 9 heteroatoms. The van der Waals surface area contributed by atoms with E-state index in [1.165, 1.54) is 0 Å². The van der Waals surface area contributed by atoms with Gasteiger partial charge in [-0.25, -0.2) is 4.79 Å². The molecule has 0 spiro atoms. The summed E-state index contributed by atoms with van der Waals surface area (Å²) < 4.78 is 16.4. The van der Waals surface area contributed by atoms with Crippen molar-refractivity contribution in [3.8, 4) is 22.6 Å². The fourth-order valence-corrected chi connectivity index (χ4v) is 4.65. The second-order valence-corrected chi connectivity index (χ2v) is 9.16. The van der Waals surface area contributed by atoms with Crippen molar-refractivity contribution in [2.45, 2.75) is 24.7 Å². The van der Waals surface area contributed by atoms with Gasteiger partial charge in [0.15, 0.2) is 0 Å². The maximum absolute atomic E-state index is 12.9. The quantitative estimate of drug-likeness (QED) is 0.215. The van der Waals surface area contributed by atoms with Crippen molar-refractivity contribution >= 4 is 51.0 Å². The van der Waals surface area contributed by atoms with Gasteiger partial charge in [-0.1, -0.05) is 69.5 Å². The molecule has 0 fully saturated rings. The van der Waals surface area contributed by atoms with Gasteiger partial charge in [0.2, 0.25) is 0 Å². The minimum Gasteiger partial charge on any atom is -0.496 e. The number of benzene rings is 3. The number of hydrogen-bond donors (Lipinski definition) is 1. The number of amides is 1. The number of hydrogen-bond acceptors (Lipinski definition) is 5. The van der Waals surface area contributed by atoms with Crippen LogP contribution in [0.25, 0.3) is 11.1 Å². The molecule has 190 valence electrons. The molecule has 3 aromatic rings. The van der Waals surface area contributed by atoms with Crippen molar-refractivity contribution < 1.29 is 23.8 Å². The van der Waals surface area contributed by atoms with Gasteiger partial charge in [-0.3, -0.25) is 4.79 Å². The molecule has 0 saturated carbocycles. The SMILES string of the molecule is CCOC(=O)[C@H](Cc1ccc(-c2c(OC)cc(CBr)cc2OC)cc1)NC(=O)c1c(Cl)cccc1Cl. The van der Waals surface area contributed by atoms with E-state index in [4.69, 9.17) is 37.4 Å². The Balaban J connectivity index is 1.88. The van der Waals surface area contributed by atoms with E-state index < -0.39 is 17.9 Å². The molecule has 0 radical (unpaired) electrons. The molecule has 0 aliphatic heterocycles. The number of nitrogens with one attached hydrogen (secondary N) is 1. The third-order valence-corrected chi connectivity index (χ3v) is 6.75. The monoisotopic (exact) mass is 593 g/mol. The molecule has 0 bridgehead atoms. The van der Waals surface area contributed by atoms with E-state index in [1.54, 1.807) is 39.3 Å². The summed E-state index contributed by atoms with van der Waals surface area (Å²) in [6, 6.07) is 15.3. The van der Waals surface area contributed by atoms with Gasteiger partial charge in [0.25, 0.3) is 5.91 Å². The standard InChI is InChI=1S/C27H26BrCl2NO5/c1-4-36-27(33)21(31-26(32)25-19(29)6-5-7-20(25)30)12-16-8-10-18(11-9-16)24-22(34-2)13-17(15-28)14-23(24)35-3/h5-11,13-14,21H,4,12,15H2,1-3H3,(H,31,32)/t21-/m0/s1. The van der Waals surface area contributed by atoms with Crippen LogP contribution in [0.5, 0.6) is 11.5 Å². The van der Waals surface area contributed by atoms with Gasteiger partial charge in [-0.05, 0) is 47.9 Å². The number of rotatable bonds is 10. The highest BCUT2D eigenvalue weighted by Crippen LogP contribution is 2.40. The molecule has 1 atom stereocenters. The third kappa shape index (κ3) is 6.52. The number of esters is 1.